The molecule has 0 aliphatic rings. The Morgan fingerprint density at radius 2 is 1.85 bits per heavy atom. The highest BCUT2D eigenvalue weighted by molar-refractivity contribution is 7.66. The third-order valence-electron chi connectivity index (χ3n) is 3.42. The second kappa shape index (κ2) is 7.26. The van der Waals surface area contributed by atoms with Gasteiger partial charge in [0.25, 0.3) is 5.69 Å². The molecule has 0 aromatic heterocycles. The van der Waals surface area contributed by atoms with Crippen molar-refractivity contribution in [1.82, 2.24) is 0 Å². The summed E-state index contributed by atoms with van der Waals surface area (Å²) < 4.78 is 60.6. The lowest BCUT2D eigenvalue weighted by Gasteiger charge is -2.14. The Labute approximate surface area is 151 Å². The van der Waals surface area contributed by atoms with Crippen LogP contribution >= 0.6 is 19.0 Å². The molecule has 26 heavy (non-hydrogen) atoms. The van der Waals surface area contributed by atoms with E-state index in [2.05, 4.69) is 0 Å². The average Bonchev–Trinajstić information content (AvgIpc) is 2.55. The Balaban J connectivity index is 2.44. The first-order valence-electron chi connectivity index (χ1n) is 6.92. The van der Waals surface area contributed by atoms with Gasteiger partial charge in [-0.05, 0) is 24.3 Å². The highest BCUT2D eigenvalue weighted by Gasteiger charge is 2.31. The normalized spacial score (nSPS) is 13.9. The van der Waals surface area contributed by atoms with Crippen LogP contribution in [-0.4, -0.2) is 18.7 Å². The highest BCUT2D eigenvalue weighted by atomic mass is 35.5. The van der Waals surface area contributed by atoms with E-state index in [1.165, 1.54) is 12.7 Å². The van der Waals surface area contributed by atoms with E-state index in [9.17, 15) is 27.9 Å². The van der Waals surface area contributed by atoms with Crippen molar-refractivity contribution in [3.05, 3.63) is 57.1 Å². The second-order valence-corrected chi connectivity index (χ2v) is 8.13. The standard InChI is InChI=1S/C15H12ClF3NO5P/c1-24-26(2,23)14-8-10(4-5-12(14)20(21)22)25-13-6-3-9(7-11(13)16)15(17,18)19/h3-8H,1-2H3. The molecule has 0 N–H and O–H groups in total. The Hall–Kier alpha value is -2.09. The number of benzene rings is 2. The molecule has 2 aromatic carbocycles. The molecular weight excluding hydrogens is 398 g/mol. The molecule has 1 atom stereocenters. The first-order valence-corrected chi connectivity index (χ1v) is 9.37. The lowest BCUT2D eigenvalue weighted by atomic mass is 10.2. The summed E-state index contributed by atoms with van der Waals surface area (Å²) in [5.74, 6) is -0.0887. The maximum absolute atomic E-state index is 12.7. The van der Waals surface area contributed by atoms with Crippen LogP contribution in [0.15, 0.2) is 36.4 Å². The summed E-state index contributed by atoms with van der Waals surface area (Å²) in [5.41, 5.74) is -1.37. The summed E-state index contributed by atoms with van der Waals surface area (Å²) >= 11 is 5.81. The molecule has 0 aliphatic carbocycles. The number of nitrogens with zero attached hydrogens (tertiary/aromatic N) is 1. The van der Waals surface area contributed by atoms with Gasteiger partial charge in [0, 0.05) is 25.9 Å². The van der Waals surface area contributed by atoms with E-state index < -0.39 is 29.7 Å². The van der Waals surface area contributed by atoms with Gasteiger partial charge in [0.15, 0.2) is 0 Å². The van der Waals surface area contributed by atoms with E-state index in [1.807, 2.05) is 0 Å². The van der Waals surface area contributed by atoms with Crippen molar-refractivity contribution >= 4 is 30.0 Å². The van der Waals surface area contributed by atoms with Crippen LogP contribution in [0.25, 0.3) is 0 Å². The first kappa shape index (κ1) is 20.2. The second-order valence-electron chi connectivity index (χ2n) is 5.18. The van der Waals surface area contributed by atoms with Crippen LogP contribution in [0.2, 0.25) is 5.02 Å². The van der Waals surface area contributed by atoms with Crippen molar-refractivity contribution < 1.29 is 31.9 Å². The van der Waals surface area contributed by atoms with Crippen molar-refractivity contribution in [1.29, 1.82) is 0 Å². The van der Waals surface area contributed by atoms with Gasteiger partial charge in [0.05, 0.1) is 15.5 Å². The predicted octanol–water partition coefficient (Wildman–Crippen LogP) is 5.24. The molecule has 11 heteroatoms. The van der Waals surface area contributed by atoms with E-state index in [4.69, 9.17) is 20.9 Å². The number of nitro benzene ring substituents is 1. The SMILES string of the molecule is COP(C)(=O)c1cc(Oc2ccc(C(F)(F)F)cc2Cl)ccc1[N+](=O)[O-]. The number of hydrogen-bond acceptors (Lipinski definition) is 5. The minimum atomic E-state index is -4.56. The molecule has 0 heterocycles. The van der Waals surface area contributed by atoms with E-state index >= 15 is 0 Å². The molecule has 0 bridgehead atoms. The van der Waals surface area contributed by atoms with E-state index in [-0.39, 0.29) is 21.8 Å². The molecule has 0 amide bonds. The molecule has 0 spiro atoms. The zero-order valence-electron chi connectivity index (χ0n) is 13.4. The highest BCUT2D eigenvalue weighted by Crippen LogP contribution is 2.44. The summed E-state index contributed by atoms with van der Waals surface area (Å²) in [4.78, 5) is 10.4. The number of rotatable bonds is 5. The fraction of sp³-hybridized carbons (Fsp3) is 0.200. The molecule has 0 radical (unpaired) electrons. The number of ether oxygens (including phenoxy) is 1. The molecule has 0 saturated carbocycles. The summed E-state index contributed by atoms with van der Waals surface area (Å²) in [7, 11) is -2.35. The van der Waals surface area contributed by atoms with Crippen molar-refractivity contribution in [3.63, 3.8) is 0 Å². The Kier molecular flexibility index (Phi) is 5.65. The van der Waals surface area contributed by atoms with Crippen LogP contribution in [-0.2, 0) is 15.3 Å². The summed E-state index contributed by atoms with van der Waals surface area (Å²) in [6.07, 6.45) is -4.56. The van der Waals surface area contributed by atoms with Crippen molar-refractivity contribution in [2.24, 2.45) is 0 Å². The van der Waals surface area contributed by atoms with Crippen molar-refractivity contribution in [2.75, 3.05) is 13.8 Å². The Morgan fingerprint density at radius 1 is 1.19 bits per heavy atom. The predicted molar refractivity (Wildman–Crippen MR) is 89.8 cm³/mol. The molecule has 6 nitrogen and oxygen atoms in total. The maximum atomic E-state index is 12.7. The summed E-state index contributed by atoms with van der Waals surface area (Å²) in [6, 6.07) is 5.92. The molecule has 0 saturated heterocycles. The van der Waals surface area contributed by atoms with E-state index in [1.54, 1.807) is 0 Å². The van der Waals surface area contributed by atoms with Crippen molar-refractivity contribution in [2.45, 2.75) is 6.18 Å². The number of halogens is 4. The molecule has 1 unspecified atom stereocenters. The molecule has 0 aliphatic heterocycles. The zero-order chi connectivity index (χ0) is 19.7. The van der Waals surface area contributed by atoms with Gasteiger partial charge in [-0.15, -0.1) is 0 Å². The van der Waals surface area contributed by atoms with Gasteiger partial charge >= 0.3 is 6.18 Å². The number of hydrogen-bond donors (Lipinski definition) is 0. The van der Waals surface area contributed by atoms with Gasteiger partial charge < -0.3 is 9.26 Å². The zero-order valence-corrected chi connectivity index (χ0v) is 15.1. The summed E-state index contributed by atoms with van der Waals surface area (Å²) in [6.45, 7) is 1.20. The van der Waals surface area contributed by atoms with Crippen LogP contribution in [0, 0.1) is 10.1 Å². The summed E-state index contributed by atoms with van der Waals surface area (Å²) in [5, 5.41) is 10.6. The molecule has 140 valence electrons. The van der Waals surface area contributed by atoms with Gasteiger partial charge in [-0.2, -0.15) is 13.2 Å². The molecule has 2 rings (SSSR count). The molecule has 2 aromatic rings. The van der Waals surface area contributed by atoms with Gasteiger partial charge in [-0.1, -0.05) is 11.6 Å². The largest absolute Gasteiger partial charge is 0.456 e. The van der Waals surface area contributed by atoms with Crippen molar-refractivity contribution in [3.8, 4) is 11.5 Å². The van der Waals surface area contributed by atoms with Gasteiger partial charge in [-0.25, -0.2) is 0 Å². The lowest BCUT2D eigenvalue weighted by molar-refractivity contribution is -0.383. The smallest absolute Gasteiger partial charge is 0.416 e. The monoisotopic (exact) mass is 409 g/mol. The quantitative estimate of drug-likeness (QED) is 0.383. The van der Waals surface area contributed by atoms with E-state index in [0.29, 0.717) is 6.07 Å². The van der Waals surface area contributed by atoms with Crippen LogP contribution in [0.5, 0.6) is 11.5 Å². The topological polar surface area (TPSA) is 78.7 Å². The maximum Gasteiger partial charge on any atom is 0.416 e. The minimum absolute atomic E-state index is 0.00591. The first-order chi connectivity index (χ1) is 12.0. The Bertz CT molecular complexity index is 903. The van der Waals surface area contributed by atoms with Crippen LogP contribution in [0.4, 0.5) is 18.9 Å². The van der Waals surface area contributed by atoms with E-state index in [0.717, 1.165) is 31.4 Å². The van der Waals surface area contributed by atoms with Crippen LogP contribution in [0.1, 0.15) is 5.56 Å². The Morgan fingerprint density at radius 3 is 2.35 bits per heavy atom. The third-order valence-corrected chi connectivity index (χ3v) is 5.64. The fourth-order valence-corrected chi connectivity index (χ4v) is 3.38. The third kappa shape index (κ3) is 4.35. The van der Waals surface area contributed by atoms with Gasteiger partial charge in [-0.3, -0.25) is 14.7 Å². The number of alkyl halides is 3. The molecular formula is C15H12ClF3NO5P. The van der Waals surface area contributed by atoms with Crippen LogP contribution < -0.4 is 10.0 Å². The number of nitro groups is 1. The fourth-order valence-electron chi connectivity index (χ4n) is 2.03. The minimum Gasteiger partial charge on any atom is -0.456 e. The van der Waals surface area contributed by atoms with Gasteiger partial charge in [0.2, 0.25) is 7.37 Å². The molecule has 0 fully saturated rings. The lowest BCUT2D eigenvalue weighted by Crippen LogP contribution is -2.11. The van der Waals surface area contributed by atoms with Crippen LogP contribution in [0.3, 0.4) is 0 Å². The van der Waals surface area contributed by atoms with Gasteiger partial charge in [0.1, 0.15) is 16.8 Å². The average molecular weight is 410 g/mol.